The summed E-state index contributed by atoms with van der Waals surface area (Å²) in [5.74, 6) is 0. The second-order valence-corrected chi connectivity index (χ2v) is 6.01. The van der Waals surface area contributed by atoms with Gasteiger partial charge in [0.25, 0.3) is 0 Å². The molecule has 0 spiro atoms. The Bertz CT molecular complexity index is 422. The van der Waals surface area contributed by atoms with E-state index in [1.54, 1.807) is 0 Å². The summed E-state index contributed by atoms with van der Waals surface area (Å²) in [4.78, 5) is 2.48. The van der Waals surface area contributed by atoms with Gasteiger partial charge in [-0.2, -0.15) is 5.26 Å². The molecule has 1 aromatic rings. The van der Waals surface area contributed by atoms with E-state index in [-0.39, 0.29) is 5.41 Å². The van der Waals surface area contributed by atoms with E-state index in [9.17, 15) is 5.26 Å². The van der Waals surface area contributed by atoms with Gasteiger partial charge in [-0.15, -0.1) is 0 Å². The number of hydrogen-bond donors (Lipinski definition) is 0. The van der Waals surface area contributed by atoms with E-state index < -0.39 is 0 Å². The van der Waals surface area contributed by atoms with Crippen molar-refractivity contribution in [3.8, 4) is 6.07 Å². The zero-order valence-electron chi connectivity index (χ0n) is 12.1. The van der Waals surface area contributed by atoms with Gasteiger partial charge in [0, 0.05) is 6.04 Å². The minimum absolute atomic E-state index is 0.0960. The van der Waals surface area contributed by atoms with Crippen LogP contribution >= 0.6 is 0 Å². The predicted octanol–water partition coefficient (Wildman–Crippen LogP) is 3.63. The molecule has 0 atom stereocenters. The molecule has 2 heteroatoms. The van der Waals surface area contributed by atoms with Crippen molar-refractivity contribution >= 4 is 0 Å². The number of benzene rings is 1. The van der Waals surface area contributed by atoms with Crippen molar-refractivity contribution in [1.29, 1.82) is 5.26 Å². The van der Waals surface area contributed by atoms with E-state index in [1.165, 1.54) is 5.56 Å². The van der Waals surface area contributed by atoms with Crippen molar-refractivity contribution in [3.05, 3.63) is 35.9 Å². The lowest BCUT2D eigenvalue weighted by Crippen LogP contribution is -2.43. The third-order valence-corrected chi connectivity index (χ3v) is 4.46. The normalized spacial score (nSPS) is 19.3. The smallest absolute Gasteiger partial charge is 0.0690 e. The fourth-order valence-corrected chi connectivity index (χ4v) is 2.91. The summed E-state index contributed by atoms with van der Waals surface area (Å²) in [5.41, 5.74) is 1.25. The topological polar surface area (TPSA) is 27.0 Å². The summed E-state index contributed by atoms with van der Waals surface area (Å²) in [7, 11) is 0. The molecule has 0 N–H and O–H groups in total. The zero-order valence-corrected chi connectivity index (χ0v) is 12.1. The van der Waals surface area contributed by atoms with Crippen LogP contribution in [0.3, 0.4) is 0 Å². The van der Waals surface area contributed by atoms with Crippen molar-refractivity contribution in [1.82, 2.24) is 4.90 Å². The van der Waals surface area contributed by atoms with Crippen molar-refractivity contribution in [2.24, 2.45) is 5.41 Å². The highest BCUT2D eigenvalue weighted by molar-refractivity contribution is 5.16. The third-order valence-electron chi connectivity index (χ3n) is 4.46. The summed E-state index contributed by atoms with van der Waals surface area (Å²) < 4.78 is 0. The Morgan fingerprint density at radius 3 is 2.37 bits per heavy atom. The molecule has 1 saturated heterocycles. The molecule has 0 aromatic heterocycles. The van der Waals surface area contributed by atoms with Crippen LogP contribution in [0.1, 0.15) is 38.7 Å². The molecule has 0 aliphatic carbocycles. The van der Waals surface area contributed by atoms with E-state index in [0.717, 1.165) is 38.8 Å². The molecule has 102 valence electrons. The molecule has 0 unspecified atom stereocenters. The molecule has 0 amide bonds. The molecular weight excluding hydrogens is 232 g/mol. The third kappa shape index (κ3) is 3.58. The van der Waals surface area contributed by atoms with Gasteiger partial charge in [0.1, 0.15) is 0 Å². The lowest BCUT2D eigenvalue weighted by Gasteiger charge is -2.39. The number of aryl methyl sites for hydroxylation is 1. The molecule has 1 aromatic carbocycles. The summed E-state index contributed by atoms with van der Waals surface area (Å²) in [6.45, 7) is 6.62. The van der Waals surface area contributed by atoms with Crippen molar-refractivity contribution in [2.75, 3.05) is 13.1 Å². The van der Waals surface area contributed by atoms with Crippen LogP contribution in [-0.4, -0.2) is 24.0 Å². The SMILES string of the molecule is CC(C)N1CCC(C#N)(CCc2ccccc2)CC1. The van der Waals surface area contributed by atoms with Gasteiger partial charge in [0.05, 0.1) is 11.5 Å². The van der Waals surface area contributed by atoms with Gasteiger partial charge in [-0.1, -0.05) is 30.3 Å². The van der Waals surface area contributed by atoms with Crippen molar-refractivity contribution in [3.63, 3.8) is 0 Å². The first-order valence-electron chi connectivity index (χ1n) is 7.34. The van der Waals surface area contributed by atoms with Crippen LogP contribution in [0.25, 0.3) is 0 Å². The summed E-state index contributed by atoms with van der Waals surface area (Å²) in [6.07, 6.45) is 4.07. The van der Waals surface area contributed by atoms with E-state index in [4.69, 9.17) is 0 Å². The minimum atomic E-state index is -0.0960. The van der Waals surface area contributed by atoms with Gasteiger partial charge in [0.15, 0.2) is 0 Å². The number of nitrogens with zero attached hydrogens (tertiary/aromatic N) is 2. The molecule has 2 nitrogen and oxygen atoms in total. The van der Waals surface area contributed by atoms with Gasteiger partial charge in [0.2, 0.25) is 0 Å². The molecular formula is C17H24N2. The number of piperidine rings is 1. The maximum Gasteiger partial charge on any atom is 0.0690 e. The highest BCUT2D eigenvalue weighted by Crippen LogP contribution is 2.36. The Morgan fingerprint density at radius 1 is 1.21 bits per heavy atom. The van der Waals surface area contributed by atoms with Crippen LogP contribution in [0.5, 0.6) is 0 Å². The standard InChI is InChI=1S/C17H24N2/c1-15(2)19-12-10-17(14-18,11-13-19)9-8-16-6-4-3-5-7-16/h3-7,15H,8-13H2,1-2H3. The summed E-state index contributed by atoms with van der Waals surface area (Å²) >= 11 is 0. The lowest BCUT2D eigenvalue weighted by molar-refractivity contribution is 0.112. The molecule has 1 heterocycles. The minimum Gasteiger partial charge on any atom is -0.301 e. The van der Waals surface area contributed by atoms with Crippen LogP contribution in [-0.2, 0) is 6.42 Å². The lowest BCUT2D eigenvalue weighted by atomic mass is 9.75. The highest BCUT2D eigenvalue weighted by atomic mass is 15.2. The second-order valence-electron chi connectivity index (χ2n) is 6.01. The molecule has 2 rings (SSSR count). The number of nitriles is 1. The number of likely N-dealkylation sites (tertiary alicyclic amines) is 1. The molecule has 1 fully saturated rings. The monoisotopic (exact) mass is 256 g/mol. The highest BCUT2D eigenvalue weighted by Gasteiger charge is 2.34. The Kier molecular flexibility index (Phi) is 4.61. The van der Waals surface area contributed by atoms with Crippen LogP contribution in [0.2, 0.25) is 0 Å². The number of rotatable bonds is 4. The summed E-state index contributed by atoms with van der Waals surface area (Å²) in [5, 5.41) is 9.58. The van der Waals surface area contributed by atoms with E-state index in [1.807, 2.05) is 6.07 Å². The Labute approximate surface area is 117 Å². The molecule has 19 heavy (non-hydrogen) atoms. The van der Waals surface area contributed by atoms with Crippen molar-refractivity contribution < 1.29 is 0 Å². The Hall–Kier alpha value is -1.33. The van der Waals surface area contributed by atoms with Gasteiger partial charge < -0.3 is 4.90 Å². The average molecular weight is 256 g/mol. The first-order chi connectivity index (χ1) is 9.15. The van der Waals surface area contributed by atoms with Crippen LogP contribution in [0.4, 0.5) is 0 Å². The van der Waals surface area contributed by atoms with E-state index >= 15 is 0 Å². The Balaban J connectivity index is 1.92. The molecule has 0 radical (unpaired) electrons. The molecule has 0 bridgehead atoms. The van der Waals surface area contributed by atoms with Gasteiger partial charge in [-0.05, 0) is 58.2 Å². The molecule has 1 aliphatic heterocycles. The molecule has 0 saturated carbocycles. The maximum atomic E-state index is 9.58. The largest absolute Gasteiger partial charge is 0.301 e. The average Bonchev–Trinajstić information content (AvgIpc) is 2.46. The quantitative estimate of drug-likeness (QED) is 0.822. The first-order valence-corrected chi connectivity index (χ1v) is 7.34. The fraction of sp³-hybridized carbons (Fsp3) is 0.588. The van der Waals surface area contributed by atoms with Crippen molar-refractivity contribution in [2.45, 2.75) is 45.6 Å². The second kappa shape index (κ2) is 6.21. The first kappa shape index (κ1) is 14.1. The number of hydrogen-bond acceptors (Lipinski definition) is 2. The van der Waals surface area contributed by atoms with Gasteiger partial charge >= 0.3 is 0 Å². The maximum absolute atomic E-state index is 9.58. The summed E-state index contributed by atoms with van der Waals surface area (Å²) in [6, 6.07) is 13.7. The van der Waals surface area contributed by atoms with E-state index in [2.05, 4.69) is 49.1 Å². The van der Waals surface area contributed by atoms with Crippen LogP contribution < -0.4 is 0 Å². The Morgan fingerprint density at radius 2 is 1.84 bits per heavy atom. The fourth-order valence-electron chi connectivity index (χ4n) is 2.91. The van der Waals surface area contributed by atoms with Crippen LogP contribution in [0, 0.1) is 16.7 Å². The predicted molar refractivity (Wildman–Crippen MR) is 78.8 cm³/mol. The van der Waals surface area contributed by atoms with E-state index in [0.29, 0.717) is 6.04 Å². The van der Waals surface area contributed by atoms with Crippen LogP contribution in [0.15, 0.2) is 30.3 Å². The van der Waals surface area contributed by atoms with Gasteiger partial charge in [-0.25, -0.2) is 0 Å². The zero-order chi connectivity index (χ0) is 13.7. The van der Waals surface area contributed by atoms with Gasteiger partial charge in [-0.3, -0.25) is 0 Å². The molecule has 1 aliphatic rings.